The zero-order chi connectivity index (χ0) is 11.5. The second-order valence-corrected chi connectivity index (χ2v) is 5.79. The van der Waals surface area contributed by atoms with Crippen molar-refractivity contribution in [3.05, 3.63) is 16.9 Å². The Morgan fingerprint density at radius 3 is 2.56 bits per heavy atom. The number of halogens is 1. The van der Waals surface area contributed by atoms with Gasteiger partial charge in [0, 0.05) is 18.4 Å². The molecule has 0 radical (unpaired) electrons. The molecule has 1 aliphatic carbocycles. The molecule has 0 aromatic carbocycles. The Hall–Kier alpha value is -0.640. The second-order valence-electron chi connectivity index (χ2n) is 4.87. The molecule has 1 heterocycles. The predicted molar refractivity (Wildman–Crippen MR) is 69.3 cm³/mol. The molecule has 1 aromatic rings. The van der Waals surface area contributed by atoms with Crippen LogP contribution in [0.25, 0.3) is 0 Å². The first-order valence-electron chi connectivity index (χ1n) is 5.89. The summed E-state index contributed by atoms with van der Waals surface area (Å²) in [5.41, 5.74) is 0. The highest BCUT2D eigenvalue weighted by atomic mass is 79.9. The maximum absolute atomic E-state index is 4.26. The van der Waals surface area contributed by atoms with Crippen molar-refractivity contribution in [3.63, 3.8) is 0 Å². The SMILES string of the molecule is CC1CCC(Nc2ncc(Br)cn2)C(C)C1. The van der Waals surface area contributed by atoms with Gasteiger partial charge in [0.1, 0.15) is 0 Å². The summed E-state index contributed by atoms with van der Waals surface area (Å²) in [6, 6.07) is 0.525. The highest BCUT2D eigenvalue weighted by Crippen LogP contribution is 2.30. The van der Waals surface area contributed by atoms with E-state index in [1.807, 2.05) is 0 Å². The molecule has 3 atom stereocenters. The van der Waals surface area contributed by atoms with Crippen LogP contribution in [0.1, 0.15) is 33.1 Å². The van der Waals surface area contributed by atoms with Crippen LogP contribution in [-0.4, -0.2) is 16.0 Å². The molecule has 0 amide bonds. The van der Waals surface area contributed by atoms with Gasteiger partial charge >= 0.3 is 0 Å². The molecule has 1 N–H and O–H groups in total. The zero-order valence-electron chi connectivity index (χ0n) is 9.78. The Balaban J connectivity index is 1.96. The third-order valence-corrected chi connectivity index (χ3v) is 3.78. The number of aromatic nitrogens is 2. The van der Waals surface area contributed by atoms with Crippen LogP contribution in [0.5, 0.6) is 0 Å². The number of nitrogens with zero attached hydrogens (tertiary/aromatic N) is 2. The van der Waals surface area contributed by atoms with Gasteiger partial charge in [-0.25, -0.2) is 9.97 Å². The minimum absolute atomic E-state index is 0.525. The van der Waals surface area contributed by atoms with Crippen molar-refractivity contribution in [3.8, 4) is 0 Å². The van der Waals surface area contributed by atoms with Crippen LogP contribution in [0.15, 0.2) is 16.9 Å². The van der Waals surface area contributed by atoms with Gasteiger partial charge in [-0.2, -0.15) is 0 Å². The summed E-state index contributed by atoms with van der Waals surface area (Å²) in [7, 11) is 0. The minimum atomic E-state index is 0.525. The van der Waals surface area contributed by atoms with Gasteiger partial charge in [0.15, 0.2) is 0 Å². The maximum Gasteiger partial charge on any atom is 0.222 e. The molecule has 2 rings (SSSR count). The summed E-state index contributed by atoms with van der Waals surface area (Å²) in [5, 5.41) is 3.44. The predicted octanol–water partition coefficient (Wildman–Crippen LogP) is 3.48. The van der Waals surface area contributed by atoms with Crippen LogP contribution in [0.3, 0.4) is 0 Å². The van der Waals surface area contributed by atoms with Crippen molar-refractivity contribution < 1.29 is 0 Å². The van der Waals surface area contributed by atoms with Crippen molar-refractivity contribution >= 4 is 21.9 Å². The Bertz CT molecular complexity index is 339. The molecular formula is C12H18BrN3. The van der Waals surface area contributed by atoms with Crippen LogP contribution in [0.4, 0.5) is 5.95 Å². The van der Waals surface area contributed by atoms with Crippen LogP contribution >= 0.6 is 15.9 Å². The molecule has 16 heavy (non-hydrogen) atoms. The molecule has 0 aliphatic heterocycles. The molecule has 3 nitrogen and oxygen atoms in total. The summed E-state index contributed by atoms with van der Waals surface area (Å²) in [6.45, 7) is 4.65. The first-order chi connectivity index (χ1) is 7.65. The van der Waals surface area contributed by atoms with Crippen molar-refractivity contribution in [1.29, 1.82) is 0 Å². The van der Waals surface area contributed by atoms with E-state index in [-0.39, 0.29) is 0 Å². The first kappa shape index (κ1) is 11.8. The smallest absolute Gasteiger partial charge is 0.222 e. The van der Waals surface area contributed by atoms with E-state index in [0.29, 0.717) is 12.0 Å². The number of anilines is 1. The van der Waals surface area contributed by atoms with Crippen LogP contribution in [0, 0.1) is 11.8 Å². The molecule has 88 valence electrons. The Labute approximate surface area is 105 Å². The lowest BCUT2D eigenvalue weighted by atomic mass is 9.80. The van der Waals surface area contributed by atoms with Crippen LogP contribution < -0.4 is 5.32 Å². The molecule has 1 fully saturated rings. The van der Waals surface area contributed by atoms with Crippen molar-refractivity contribution in [2.45, 2.75) is 39.2 Å². The first-order valence-corrected chi connectivity index (χ1v) is 6.68. The molecule has 1 aliphatic rings. The van der Waals surface area contributed by atoms with E-state index in [4.69, 9.17) is 0 Å². The average Bonchev–Trinajstić information content (AvgIpc) is 2.25. The Morgan fingerprint density at radius 2 is 1.94 bits per heavy atom. The fraction of sp³-hybridized carbons (Fsp3) is 0.667. The van der Waals surface area contributed by atoms with Gasteiger partial charge in [0.25, 0.3) is 0 Å². The fourth-order valence-electron chi connectivity index (χ4n) is 2.43. The Kier molecular flexibility index (Phi) is 3.79. The Morgan fingerprint density at radius 1 is 1.25 bits per heavy atom. The fourth-order valence-corrected chi connectivity index (χ4v) is 2.64. The second kappa shape index (κ2) is 5.13. The van der Waals surface area contributed by atoms with Crippen molar-refractivity contribution in [2.75, 3.05) is 5.32 Å². The van der Waals surface area contributed by atoms with E-state index in [1.165, 1.54) is 19.3 Å². The molecule has 0 saturated heterocycles. The third kappa shape index (κ3) is 2.94. The molecular weight excluding hydrogens is 266 g/mol. The molecule has 0 spiro atoms. The summed E-state index contributed by atoms with van der Waals surface area (Å²) in [6.07, 6.45) is 7.39. The standard InChI is InChI=1S/C12H18BrN3/c1-8-3-4-11(9(2)5-8)16-12-14-6-10(13)7-15-12/h6-9,11H,3-5H2,1-2H3,(H,14,15,16). The normalized spacial score (nSPS) is 30.1. The van der Waals surface area contributed by atoms with E-state index in [1.54, 1.807) is 12.4 Å². The average molecular weight is 284 g/mol. The molecule has 1 saturated carbocycles. The zero-order valence-corrected chi connectivity index (χ0v) is 11.4. The minimum Gasteiger partial charge on any atom is -0.351 e. The van der Waals surface area contributed by atoms with Gasteiger partial charge in [-0.3, -0.25) is 0 Å². The van der Waals surface area contributed by atoms with Crippen LogP contribution in [-0.2, 0) is 0 Å². The van der Waals surface area contributed by atoms with Crippen LogP contribution in [0.2, 0.25) is 0 Å². The summed E-state index contributed by atoms with van der Waals surface area (Å²) >= 11 is 3.34. The maximum atomic E-state index is 4.26. The van der Waals surface area contributed by atoms with Gasteiger partial charge < -0.3 is 5.32 Å². The number of hydrogen-bond acceptors (Lipinski definition) is 3. The molecule has 1 aromatic heterocycles. The molecule has 3 unspecified atom stereocenters. The number of hydrogen-bond donors (Lipinski definition) is 1. The van der Waals surface area contributed by atoms with Gasteiger partial charge in [-0.1, -0.05) is 13.8 Å². The lowest BCUT2D eigenvalue weighted by Crippen LogP contribution is -2.33. The molecule has 4 heteroatoms. The summed E-state index contributed by atoms with van der Waals surface area (Å²) in [5.74, 6) is 2.31. The number of rotatable bonds is 2. The van der Waals surface area contributed by atoms with E-state index in [2.05, 4.69) is 45.1 Å². The van der Waals surface area contributed by atoms with Crippen molar-refractivity contribution in [2.24, 2.45) is 11.8 Å². The van der Waals surface area contributed by atoms with Gasteiger partial charge in [-0.05, 0) is 47.0 Å². The van der Waals surface area contributed by atoms with Crippen molar-refractivity contribution in [1.82, 2.24) is 9.97 Å². The lowest BCUT2D eigenvalue weighted by molar-refractivity contribution is 0.276. The van der Waals surface area contributed by atoms with Gasteiger partial charge in [0.2, 0.25) is 5.95 Å². The third-order valence-electron chi connectivity index (χ3n) is 3.37. The summed E-state index contributed by atoms with van der Waals surface area (Å²) in [4.78, 5) is 8.51. The highest BCUT2D eigenvalue weighted by Gasteiger charge is 2.25. The highest BCUT2D eigenvalue weighted by molar-refractivity contribution is 9.10. The summed E-state index contributed by atoms with van der Waals surface area (Å²) < 4.78 is 0.920. The lowest BCUT2D eigenvalue weighted by Gasteiger charge is -2.33. The van der Waals surface area contributed by atoms with E-state index in [9.17, 15) is 0 Å². The monoisotopic (exact) mass is 283 g/mol. The topological polar surface area (TPSA) is 37.8 Å². The van der Waals surface area contributed by atoms with E-state index < -0.39 is 0 Å². The quantitative estimate of drug-likeness (QED) is 0.903. The van der Waals surface area contributed by atoms with E-state index >= 15 is 0 Å². The van der Waals surface area contributed by atoms with Gasteiger partial charge in [-0.15, -0.1) is 0 Å². The number of nitrogens with one attached hydrogen (secondary N) is 1. The molecule has 0 bridgehead atoms. The van der Waals surface area contributed by atoms with E-state index in [0.717, 1.165) is 16.3 Å². The van der Waals surface area contributed by atoms with Gasteiger partial charge in [0.05, 0.1) is 4.47 Å². The largest absolute Gasteiger partial charge is 0.351 e.